The third kappa shape index (κ3) is 3.45. The highest BCUT2D eigenvalue weighted by Gasteiger charge is 2.24. The van der Waals surface area contributed by atoms with Crippen molar-refractivity contribution in [3.63, 3.8) is 0 Å². The van der Waals surface area contributed by atoms with E-state index >= 15 is 0 Å². The molecule has 1 aromatic carbocycles. The molecule has 0 unspecified atom stereocenters. The summed E-state index contributed by atoms with van der Waals surface area (Å²) in [6.07, 6.45) is 0. The first kappa shape index (κ1) is 15.2. The van der Waals surface area contributed by atoms with E-state index < -0.39 is 5.82 Å². The summed E-state index contributed by atoms with van der Waals surface area (Å²) in [5.41, 5.74) is 5.50. The average molecular weight is 316 g/mol. The molecule has 1 aromatic rings. The maximum Gasteiger partial charge on any atom is 0.256 e. The van der Waals surface area contributed by atoms with Crippen LogP contribution in [-0.2, 0) is 0 Å². The largest absolute Gasteiger partial charge is 0.392 e. The number of piperazine rings is 1. The van der Waals surface area contributed by atoms with Crippen LogP contribution in [0, 0.1) is 5.82 Å². The predicted octanol–water partition coefficient (Wildman–Crippen LogP) is 1.52. The van der Waals surface area contributed by atoms with Crippen LogP contribution in [-0.4, -0.2) is 53.4 Å². The molecule has 0 aromatic heterocycles. The normalized spacial score (nSPS) is 16.2. The zero-order valence-corrected chi connectivity index (χ0v) is 12.4. The van der Waals surface area contributed by atoms with Crippen LogP contribution in [0.25, 0.3) is 0 Å². The smallest absolute Gasteiger partial charge is 0.256 e. The van der Waals surface area contributed by atoms with E-state index in [0.29, 0.717) is 37.7 Å². The highest BCUT2D eigenvalue weighted by molar-refractivity contribution is 7.80. The molecule has 0 saturated carbocycles. The van der Waals surface area contributed by atoms with Crippen LogP contribution in [0.15, 0.2) is 18.2 Å². The van der Waals surface area contributed by atoms with E-state index in [-0.39, 0.29) is 16.5 Å². The lowest BCUT2D eigenvalue weighted by Gasteiger charge is -2.34. The van der Waals surface area contributed by atoms with E-state index in [1.165, 1.54) is 12.1 Å². The highest BCUT2D eigenvalue weighted by atomic mass is 35.5. The molecule has 2 rings (SSSR count). The summed E-state index contributed by atoms with van der Waals surface area (Å²) in [6.45, 7) is 2.93. The molecule has 1 saturated heterocycles. The maximum absolute atomic E-state index is 13.8. The van der Waals surface area contributed by atoms with Crippen molar-refractivity contribution in [3.8, 4) is 0 Å². The van der Waals surface area contributed by atoms with E-state index in [9.17, 15) is 9.18 Å². The molecule has 0 bridgehead atoms. The molecule has 0 atom stereocenters. The van der Waals surface area contributed by atoms with Crippen molar-refractivity contribution in [2.45, 2.75) is 0 Å². The lowest BCUT2D eigenvalue weighted by molar-refractivity contribution is 0.0650. The quantitative estimate of drug-likeness (QED) is 0.859. The minimum absolute atomic E-state index is 0.0142. The molecule has 1 amide bonds. The van der Waals surface area contributed by atoms with Gasteiger partial charge in [0.15, 0.2) is 5.82 Å². The fourth-order valence-electron chi connectivity index (χ4n) is 2.17. The Morgan fingerprint density at radius 1 is 1.35 bits per heavy atom. The number of thiocarbonyl (C=S) groups is 1. The molecule has 7 heteroatoms. The van der Waals surface area contributed by atoms with Crippen molar-refractivity contribution in [2.75, 3.05) is 32.7 Å². The van der Waals surface area contributed by atoms with Crippen molar-refractivity contribution in [1.29, 1.82) is 0 Å². The molecule has 0 spiro atoms. The first-order valence-corrected chi connectivity index (χ1v) is 7.01. The van der Waals surface area contributed by atoms with Gasteiger partial charge in [0.05, 0.1) is 15.6 Å². The van der Waals surface area contributed by atoms with Gasteiger partial charge in [-0.1, -0.05) is 29.9 Å². The topological polar surface area (TPSA) is 49.6 Å². The average Bonchev–Trinajstić information content (AvgIpc) is 2.41. The van der Waals surface area contributed by atoms with E-state index in [0.717, 1.165) is 0 Å². The molecule has 1 fully saturated rings. The van der Waals surface area contributed by atoms with Gasteiger partial charge in [-0.2, -0.15) is 0 Å². The zero-order chi connectivity index (χ0) is 14.7. The van der Waals surface area contributed by atoms with Gasteiger partial charge in [0, 0.05) is 32.7 Å². The van der Waals surface area contributed by atoms with Gasteiger partial charge in [0.2, 0.25) is 0 Å². The fourth-order valence-corrected chi connectivity index (χ4v) is 2.53. The lowest BCUT2D eigenvalue weighted by Crippen LogP contribution is -2.50. The number of carbonyl (C=O) groups is 1. The van der Waals surface area contributed by atoms with Crippen LogP contribution in [0.3, 0.4) is 0 Å². The van der Waals surface area contributed by atoms with Gasteiger partial charge >= 0.3 is 0 Å². The van der Waals surface area contributed by atoms with Crippen LogP contribution in [0.2, 0.25) is 5.02 Å². The van der Waals surface area contributed by atoms with Gasteiger partial charge < -0.3 is 10.6 Å². The molecule has 1 aliphatic heterocycles. The Kier molecular flexibility index (Phi) is 4.91. The number of hydrogen-bond acceptors (Lipinski definition) is 3. The van der Waals surface area contributed by atoms with E-state index in [2.05, 4.69) is 4.90 Å². The number of halogens is 2. The van der Waals surface area contributed by atoms with E-state index in [1.807, 2.05) is 0 Å². The second kappa shape index (κ2) is 6.47. The lowest BCUT2D eigenvalue weighted by atomic mass is 10.1. The molecule has 1 heterocycles. The summed E-state index contributed by atoms with van der Waals surface area (Å²) in [6, 6.07) is 4.44. The molecule has 20 heavy (non-hydrogen) atoms. The summed E-state index contributed by atoms with van der Waals surface area (Å²) in [5, 5.41) is -0.0389. The number of hydrogen-bond donors (Lipinski definition) is 1. The molecular weight excluding hydrogens is 301 g/mol. The third-order valence-corrected chi connectivity index (χ3v) is 3.64. The van der Waals surface area contributed by atoms with Gasteiger partial charge in [0.25, 0.3) is 5.91 Å². The molecule has 108 valence electrons. The number of rotatable bonds is 3. The summed E-state index contributed by atoms with van der Waals surface area (Å²) in [5.74, 6) is -0.996. The number of nitrogens with zero attached hydrogens (tertiary/aromatic N) is 2. The summed E-state index contributed by atoms with van der Waals surface area (Å²) < 4.78 is 13.8. The minimum atomic E-state index is -0.662. The first-order chi connectivity index (χ1) is 9.49. The van der Waals surface area contributed by atoms with Crippen molar-refractivity contribution in [3.05, 3.63) is 34.6 Å². The predicted molar refractivity (Wildman–Crippen MR) is 80.5 cm³/mol. The van der Waals surface area contributed by atoms with Crippen molar-refractivity contribution in [2.24, 2.45) is 5.73 Å². The summed E-state index contributed by atoms with van der Waals surface area (Å²) >= 11 is 10.6. The van der Waals surface area contributed by atoms with Gasteiger partial charge in [-0.25, -0.2) is 4.39 Å². The van der Waals surface area contributed by atoms with Crippen molar-refractivity contribution < 1.29 is 9.18 Å². The molecule has 4 nitrogen and oxygen atoms in total. The Hall–Kier alpha value is -1.24. The van der Waals surface area contributed by atoms with Crippen LogP contribution >= 0.6 is 23.8 Å². The second-order valence-electron chi connectivity index (χ2n) is 4.64. The second-order valence-corrected chi connectivity index (χ2v) is 5.57. The van der Waals surface area contributed by atoms with Crippen molar-refractivity contribution in [1.82, 2.24) is 9.80 Å². The Bertz CT molecular complexity index is 532. The zero-order valence-electron chi connectivity index (χ0n) is 10.8. The summed E-state index contributed by atoms with van der Waals surface area (Å²) in [7, 11) is 0. The standard InChI is InChI=1S/C13H15ClFN3OS/c14-10-3-1-2-9(12(10)15)13(19)18-6-4-17(5-7-18)8-11(16)20/h1-3H,4-8H2,(H2,16,20). The monoisotopic (exact) mass is 315 g/mol. The Balaban J connectivity index is 2.02. The molecule has 1 aliphatic rings. The minimum Gasteiger partial charge on any atom is -0.392 e. The summed E-state index contributed by atoms with van der Waals surface area (Å²) in [4.78, 5) is 16.4. The van der Waals surface area contributed by atoms with E-state index in [4.69, 9.17) is 29.6 Å². The van der Waals surface area contributed by atoms with Gasteiger partial charge in [-0.3, -0.25) is 9.69 Å². The van der Waals surface area contributed by atoms with E-state index in [1.54, 1.807) is 11.0 Å². The molecular formula is C13H15ClFN3OS. The van der Waals surface area contributed by atoms with Crippen LogP contribution in [0.4, 0.5) is 4.39 Å². The fraction of sp³-hybridized carbons (Fsp3) is 0.385. The maximum atomic E-state index is 13.8. The molecule has 2 N–H and O–H groups in total. The first-order valence-electron chi connectivity index (χ1n) is 6.23. The number of amides is 1. The number of nitrogens with two attached hydrogens (primary N) is 1. The number of benzene rings is 1. The Labute approximate surface area is 127 Å². The van der Waals surface area contributed by atoms with Crippen LogP contribution < -0.4 is 5.73 Å². The highest BCUT2D eigenvalue weighted by Crippen LogP contribution is 2.19. The van der Waals surface area contributed by atoms with Crippen molar-refractivity contribution >= 4 is 34.7 Å². The number of carbonyl (C=O) groups excluding carboxylic acids is 1. The molecule has 0 aliphatic carbocycles. The SMILES string of the molecule is NC(=S)CN1CCN(C(=O)c2cccc(Cl)c2F)CC1. The van der Waals surface area contributed by atoms with Crippen LogP contribution in [0.1, 0.15) is 10.4 Å². The third-order valence-electron chi connectivity index (χ3n) is 3.22. The van der Waals surface area contributed by atoms with Gasteiger partial charge in [0.1, 0.15) is 0 Å². The molecule has 0 radical (unpaired) electrons. The van der Waals surface area contributed by atoms with Gasteiger partial charge in [-0.05, 0) is 12.1 Å². The Morgan fingerprint density at radius 2 is 2.00 bits per heavy atom. The Morgan fingerprint density at radius 3 is 2.60 bits per heavy atom. The van der Waals surface area contributed by atoms with Gasteiger partial charge in [-0.15, -0.1) is 0 Å². The van der Waals surface area contributed by atoms with Crippen LogP contribution in [0.5, 0.6) is 0 Å².